The Kier molecular flexibility index (Phi) is 4.64. The molecule has 1 unspecified atom stereocenters. The zero-order valence-corrected chi connectivity index (χ0v) is 14.1. The number of piperazine rings is 1. The number of aromatic nitrogens is 2. The van der Waals surface area contributed by atoms with Gasteiger partial charge in [0.05, 0.1) is 5.69 Å². The third-order valence-corrected chi connectivity index (χ3v) is 4.40. The average Bonchev–Trinajstić information content (AvgIpc) is 2.63. The highest BCUT2D eigenvalue weighted by Crippen LogP contribution is 2.17. The Morgan fingerprint density at radius 2 is 1.71 bits per heavy atom. The summed E-state index contributed by atoms with van der Waals surface area (Å²) in [6, 6.07) is 12.7. The molecular weight excluding hydrogens is 304 g/mol. The van der Waals surface area contributed by atoms with Gasteiger partial charge in [-0.2, -0.15) is 5.10 Å². The lowest BCUT2D eigenvalue weighted by molar-refractivity contribution is -0.135. The molecule has 6 heteroatoms. The normalized spacial score (nSPS) is 16.1. The topological polar surface area (TPSA) is 58.4 Å². The van der Waals surface area contributed by atoms with E-state index in [1.54, 1.807) is 13.0 Å². The van der Waals surface area contributed by atoms with E-state index in [9.17, 15) is 9.59 Å². The van der Waals surface area contributed by atoms with E-state index in [-0.39, 0.29) is 11.5 Å². The first-order valence-electron chi connectivity index (χ1n) is 8.21. The van der Waals surface area contributed by atoms with Crippen LogP contribution in [-0.2, 0) is 4.79 Å². The maximum atomic E-state index is 12.7. The van der Waals surface area contributed by atoms with Crippen molar-refractivity contribution in [3.63, 3.8) is 0 Å². The smallest absolute Gasteiger partial charge is 0.267 e. The third-order valence-electron chi connectivity index (χ3n) is 4.40. The molecule has 0 bridgehead atoms. The van der Waals surface area contributed by atoms with Crippen LogP contribution in [-0.4, -0.2) is 46.8 Å². The first-order valence-corrected chi connectivity index (χ1v) is 8.21. The van der Waals surface area contributed by atoms with Crippen molar-refractivity contribution < 1.29 is 4.79 Å². The Morgan fingerprint density at radius 1 is 1.04 bits per heavy atom. The number of hydrogen-bond acceptors (Lipinski definition) is 4. The summed E-state index contributed by atoms with van der Waals surface area (Å²) in [6.45, 7) is 6.43. The van der Waals surface area contributed by atoms with Gasteiger partial charge < -0.3 is 9.80 Å². The van der Waals surface area contributed by atoms with E-state index in [4.69, 9.17) is 0 Å². The van der Waals surface area contributed by atoms with Gasteiger partial charge in [-0.3, -0.25) is 9.59 Å². The Hall–Kier alpha value is -2.63. The molecule has 1 aromatic heterocycles. The van der Waals surface area contributed by atoms with Gasteiger partial charge in [-0.1, -0.05) is 18.2 Å². The van der Waals surface area contributed by atoms with Gasteiger partial charge in [0.2, 0.25) is 5.91 Å². The quantitative estimate of drug-likeness (QED) is 0.857. The maximum Gasteiger partial charge on any atom is 0.267 e. The van der Waals surface area contributed by atoms with Gasteiger partial charge in [0.25, 0.3) is 5.56 Å². The van der Waals surface area contributed by atoms with Gasteiger partial charge in [-0.15, -0.1) is 0 Å². The third kappa shape index (κ3) is 3.32. The number of para-hydroxylation sites is 1. The minimum absolute atomic E-state index is 0.0529. The molecule has 1 aliphatic heterocycles. The van der Waals surface area contributed by atoms with Crippen LogP contribution in [0.1, 0.15) is 18.7 Å². The highest BCUT2D eigenvalue weighted by atomic mass is 16.2. The molecule has 6 nitrogen and oxygen atoms in total. The van der Waals surface area contributed by atoms with E-state index in [2.05, 4.69) is 22.1 Å². The standard InChI is InChI=1S/C18H22N4O2/c1-14-8-9-17(23)22(19-14)15(2)18(24)21-12-10-20(11-13-21)16-6-4-3-5-7-16/h3-9,15H,10-13H2,1-2H3. The molecule has 0 spiro atoms. The van der Waals surface area contributed by atoms with E-state index in [1.807, 2.05) is 30.0 Å². The monoisotopic (exact) mass is 326 g/mol. The first kappa shape index (κ1) is 16.2. The minimum atomic E-state index is -0.583. The summed E-state index contributed by atoms with van der Waals surface area (Å²) in [4.78, 5) is 28.8. The molecule has 0 aliphatic carbocycles. The molecule has 0 radical (unpaired) electrons. The number of aryl methyl sites for hydroxylation is 1. The Bertz CT molecular complexity index is 764. The molecule has 1 saturated heterocycles. The lowest BCUT2D eigenvalue weighted by Gasteiger charge is -2.37. The van der Waals surface area contributed by atoms with Crippen LogP contribution in [0.25, 0.3) is 0 Å². The number of hydrogen-bond donors (Lipinski definition) is 0. The van der Waals surface area contributed by atoms with E-state index in [0.29, 0.717) is 13.1 Å². The van der Waals surface area contributed by atoms with Gasteiger partial charge in [-0.25, -0.2) is 4.68 Å². The number of nitrogens with zero attached hydrogens (tertiary/aromatic N) is 4. The lowest BCUT2D eigenvalue weighted by atomic mass is 10.2. The second-order valence-electron chi connectivity index (χ2n) is 6.08. The van der Waals surface area contributed by atoms with Crippen LogP contribution in [0, 0.1) is 6.92 Å². The summed E-state index contributed by atoms with van der Waals surface area (Å²) >= 11 is 0. The molecule has 2 heterocycles. The summed E-state index contributed by atoms with van der Waals surface area (Å²) in [5.74, 6) is -0.0529. The molecule has 2 aromatic rings. The van der Waals surface area contributed by atoms with E-state index in [0.717, 1.165) is 18.8 Å². The first-order chi connectivity index (χ1) is 11.6. The second kappa shape index (κ2) is 6.86. The van der Waals surface area contributed by atoms with Crippen LogP contribution in [0.4, 0.5) is 5.69 Å². The fourth-order valence-corrected chi connectivity index (χ4v) is 2.99. The van der Waals surface area contributed by atoms with Gasteiger partial charge in [0.1, 0.15) is 6.04 Å². The summed E-state index contributed by atoms with van der Waals surface area (Å²) in [7, 11) is 0. The maximum absolute atomic E-state index is 12.7. The highest BCUT2D eigenvalue weighted by Gasteiger charge is 2.27. The van der Waals surface area contributed by atoms with Crippen molar-refractivity contribution in [2.75, 3.05) is 31.1 Å². The van der Waals surface area contributed by atoms with E-state index < -0.39 is 6.04 Å². The van der Waals surface area contributed by atoms with Gasteiger partial charge in [-0.05, 0) is 32.0 Å². The molecule has 1 atom stereocenters. The van der Waals surface area contributed by atoms with E-state index in [1.165, 1.54) is 16.4 Å². The predicted octanol–water partition coefficient (Wildman–Crippen LogP) is 1.46. The average molecular weight is 326 g/mol. The van der Waals surface area contributed by atoms with Crippen molar-refractivity contribution in [2.24, 2.45) is 0 Å². The lowest BCUT2D eigenvalue weighted by Crippen LogP contribution is -2.51. The zero-order chi connectivity index (χ0) is 17.1. The fourth-order valence-electron chi connectivity index (χ4n) is 2.99. The Morgan fingerprint density at radius 3 is 2.38 bits per heavy atom. The predicted molar refractivity (Wildman–Crippen MR) is 93.2 cm³/mol. The summed E-state index contributed by atoms with van der Waals surface area (Å²) in [5, 5.41) is 4.20. The largest absolute Gasteiger partial charge is 0.368 e. The van der Waals surface area contributed by atoms with Crippen molar-refractivity contribution in [3.8, 4) is 0 Å². The molecule has 0 saturated carbocycles. The Labute approximate surface area is 141 Å². The Balaban J connectivity index is 1.67. The summed E-state index contributed by atoms with van der Waals surface area (Å²) in [6.07, 6.45) is 0. The van der Waals surface area contributed by atoms with Crippen LogP contribution in [0.3, 0.4) is 0 Å². The van der Waals surface area contributed by atoms with Crippen molar-refractivity contribution >= 4 is 11.6 Å². The van der Waals surface area contributed by atoms with Crippen molar-refractivity contribution in [2.45, 2.75) is 19.9 Å². The van der Waals surface area contributed by atoms with Crippen molar-refractivity contribution in [1.29, 1.82) is 0 Å². The van der Waals surface area contributed by atoms with Crippen LogP contribution in [0.5, 0.6) is 0 Å². The highest BCUT2D eigenvalue weighted by molar-refractivity contribution is 5.80. The van der Waals surface area contributed by atoms with Gasteiger partial charge >= 0.3 is 0 Å². The number of carbonyl (C=O) groups is 1. The molecule has 0 N–H and O–H groups in total. The summed E-state index contributed by atoms with van der Waals surface area (Å²) < 4.78 is 1.28. The van der Waals surface area contributed by atoms with Crippen LogP contribution < -0.4 is 10.5 Å². The van der Waals surface area contributed by atoms with Crippen molar-refractivity contribution in [1.82, 2.24) is 14.7 Å². The number of carbonyl (C=O) groups excluding carboxylic acids is 1. The number of anilines is 1. The number of benzene rings is 1. The molecule has 1 aromatic carbocycles. The molecule has 3 rings (SSSR count). The van der Waals surface area contributed by atoms with E-state index >= 15 is 0 Å². The van der Waals surface area contributed by atoms with Crippen LogP contribution in [0.15, 0.2) is 47.3 Å². The summed E-state index contributed by atoms with van der Waals surface area (Å²) in [5.41, 5.74) is 1.65. The number of rotatable bonds is 3. The zero-order valence-electron chi connectivity index (χ0n) is 14.1. The van der Waals surface area contributed by atoms with Crippen molar-refractivity contribution in [3.05, 3.63) is 58.5 Å². The van der Waals surface area contributed by atoms with Gasteiger partial charge in [0, 0.05) is 37.9 Å². The molecule has 1 aliphatic rings. The fraction of sp³-hybridized carbons (Fsp3) is 0.389. The minimum Gasteiger partial charge on any atom is -0.368 e. The molecular formula is C18H22N4O2. The second-order valence-corrected chi connectivity index (χ2v) is 6.08. The molecule has 1 fully saturated rings. The number of amides is 1. The molecule has 126 valence electrons. The SMILES string of the molecule is Cc1ccc(=O)n(C(C)C(=O)N2CCN(c3ccccc3)CC2)n1. The van der Waals surface area contributed by atoms with Crippen LogP contribution in [0.2, 0.25) is 0 Å². The molecule has 24 heavy (non-hydrogen) atoms. The van der Waals surface area contributed by atoms with Gasteiger partial charge in [0.15, 0.2) is 0 Å². The van der Waals surface area contributed by atoms with Crippen LogP contribution >= 0.6 is 0 Å². The molecule has 1 amide bonds.